The Kier molecular flexibility index (Phi) is 9.82. The average Bonchev–Trinajstić information content (AvgIpc) is 2.62. The molecule has 26 heavy (non-hydrogen) atoms. The van der Waals surface area contributed by atoms with E-state index in [0.717, 1.165) is 31.9 Å². The number of carbonyl (C=O) groups excluding carboxylic acids is 1. The average molecular weight is 365 g/mol. The van der Waals surface area contributed by atoms with E-state index in [1.807, 2.05) is 44.2 Å². The number of rotatable bonds is 6. The first-order valence-corrected chi connectivity index (χ1v) is 8.68. The number of ether oxygens (including phenoxy) is 1. The summed E-state index contributed by atoms with van der Waals surface area (Å²) in [7, 11) is 0. The Morgan fingerprint density at radius 3 is 2.27 bits per heavy atom. The molecule has 0 unspecified atom stereocenters. The minimum atomic E-state index is -1.06. The first kappa shape index (κ1) is 22.0. The van der Waals surface area contributed by atoms with Gasteiger partial charge in [-0.15, -0.1) is 0 Å². The van der Waals surface area contributed by atoms with E-state index in [1.165, 1.54) is 5.01 Å². The second-order valence-corrected chi connectivity index (χ2v) is 6.46. The molecule has 0 spiro atoms. The number of hydrogen-bond acceptors (Lipinski definition) is 5. The third-order valence-corrected chi connectivity index (χ3v) is 3.93. The number of nitrogens with zero attached hydrogens (tertiary/aromatic N) is 1. The highest BCUT2D eigenvalue weighted by Crippen LogP contribution is 2.05. The molecule has 8 nitrogen and oxygen atoms in total. The Morgan fingerprint density at radius 2 is 1.85 bits per heavy atom. The van der Waals surface area contributed by atoms with Crippen LogP contribution in [0.4, 0.5) is 0 Å². The molecule has 8 heteroatoms. The maximum Gasteiger partial charge on any atom is 0.326 e. The van der Waals surface area contributed by atoms with Gasteiger partial charge in [0.25, 0.3) is 0 Å². The molecule has 1 aliphatic heterocycles. The van der Waals surface area contributed by atoms with E-state index >= 15 is 0 Å². The molecular formula is C18H29N4O4-. The molecule has 1 aromatic rings. The molecular weight excluding hydrogens is 336 g/mol. The van der Waals surface area contributed by atoms with Gasteiger partial charge in [0, 0.05) is 19.5 Å². The fourth-order valence-corrected chi connectivity index (χ4v) is 2.18. The van der Waals surface area contributed by atoms with Crippen molar-refractivity contribution in [2.45, 2.75) is 32.4 Å². The summed E-state index contributed by atoms with van der Waals surface area (Å²) in [5.74, 6) is 5.50. The lowest BCUT2D eigenvalue weighted by atomic mass is 10.0. The van der Waals surface area contributed by atoms with Crippen LogP contribution in [0.25, 0.3) is 5.84 Å². The molecule has 0 radical (unpaired) electrons. The molecule has 0 aliphatic carbocycles. The quantitative estimate of drug-likeness (QED) is 0.691. The van der Waals surface area contributed by atoms with E-state index in [0.29, 0.717) is 0 Å². The number of carboxylic acid groups (broad SMARTS) is 1. The fourth-order valence-electron chi connectivity index (χ4n) is 2.18. The minimum absolute atomic E-state index is 0.0360. The predicted molar refractivity (Wildman–Crippen MR) is 99.2 cm³/mol. The normalized spacial score (nSPS) is 17.0. The Balaban J connectivity index is 0.000000401. The van der Waals surface area contributed by atoms with Gasteiger partial charge < -0.3 is 31.7 Å². The van der Waals surface area contributed by atoms with Crippen LogP contribution in [0.3, 0.4) is 0 Å². The Bertz CT molecular complexity index is 547. The van der Waals surface area contributed by atoms with Crippen LogP contribution in [0.15, 0.2) is 30.3 Å². The van der Waals surface area contributed by atoms with Crippen LogP contribution in [0.1, 0.15) is 19.4 Å². The number of hydrogen-bond donors (Lipinski definition) is 3. The molecule has 1 heterocycles. The molecule has 2 atom stereocenters. The largest absolute Gasteiger partial charge is 0.609 e. The summed E-state index contributed by atoms with van der Waals surface area (Å²) in [6.07, 6.45) is 0.243. The molecule has 1 fully saturated rings. The molecule has 1 saturated heterocycles. The number of nitrogens with two attached hydrogens (primary N) is 1. The fraction of sp³-hybridized carbons (Fsp3) is 0.556. The summed E-state index contributed by atoms with van der Waals surface area (Å²) in [6, 6.07) is 7.50. The lowest BCUT2D eigenvalue weighted by Gasteiger charge is -2.30. The van der Waals surface area contributed by atoms with Crippen molar-refractivity contribution in [1.82, 2.24) is 10.3 Å². The van der Waals surface area contributed by atoms with Gasteiger partial charge in [0.15, 0.2) is 0 Å². The molecule has 2 rings (SSSR count). The molecule has 146 valence electrons. The van der Waals surface area contributed by atoms with E-state index in [4.69, 9.17) is 21.4 Å². The summed E-state index contributed by atoms with van der Waals surface area (Å²) in [5.41, 5.74) is 6.55. The van der Waals surface area contributed by atoms with E-state index in [-0.39, 0.29) is 12.3 Å². The molecule has 0 saturated carbocycles. The van der Waals surface area contributed by atoms with Gasteiger partial charge in [0.1, 0.15) is 6.04 Å². The monoisotopic (exact) mass is 365 g/mol. The molecule has 1 aliphatic rings. The highest BCUT2D eigenvalue weighted by atomic mass is 16.5. The lowest BCUT2D eigenvalue weighted by molar-refractivity contribution is -0.142. The van der Waals surface area contributed by atoms with Crippen LogP contribution in [-0.2, 0) is 20.7 Å². The first-order valence-electron chi connectivity index (χ1n) is 8.68. The number of aliphatic carboxylic acids is 1. The van der Waals surface area contributed by atoms with Crippen molar-refractivity contribution in [2.75, 3.05) is 26.3 Å². The van der Waals surface area contributed by atoms with E-state index in [1.54, 1.807) is 0 Å². The smallest absolute Gasteiger partial charge is 0.326 e. The van der Waals surface area contributed by atoms with Crippen LogP contribution in [0, 0.1) is 5.92 Å². The molecule has 1 aromatic carbocycles. The number of amides is 1. The standard InChI is InChI=1S/C14H20N2O3.C4H9N2O/c1-9(2)12(15)13(17)16-11(14(18)19)8-10-6-4-3-5-7-10;5-6-1-3-7-4-2-6/h3-7,9,11-12H,8,15H2,1-2H3,(H,16,17)(H,18,19);5H,1-4H2/q;-1/t11-,12-;/m0./s1. The number of carboxylic acids is 1. The van der Waals surface area contributed by atoms with Crippen LogP contribution in [0.2, 0.25) is 0 Å². The Hall–Kier alpha value is -2.00. The van der Waals surface area contributed by atoms with E-state index < -0.39 is 24.0 Å². The van der Waals surface area contributed by atoms with Crippen molar-refractivity contribution >= 4 is 11.9 Å². The lowest BCUT2D eigenvalue weighted by Crippen LogP contribution is -2.51. The van der Waals surface area contributed by atoms with Gasteiger partial charge in [-0.05, 0) is 11.5 Å². The van der Waals surface area contributed by atoms with Crippen molar-refractivity contribution in [3.63, 3.8) is 0 Å². The second-order valence-electron chi connectivity index (χ2n) is 6.46. The van der Waals surface area contributed by atoms with Crippen LogP contribution in [-0.4, -0.2) is 60.4 Å². The summed E-state index contributed by atoms with van der Waals surface area (Å²) in [5, 5.41) is 13.1. The molecule has 0 aromatic heterocycles. The van der Waals surface area contributed by atoms with Crippen LogP contribution in [0.5, 0.6) is 0 Å². The van der Waals surface area contributed by atoms with Gasteiger partial charge in [-0.2, -0.15) is 0 Å². The molecule has 0 bridgehead atoms. The van der Waals surface area contributed by atoms with E-state index in [9.17, 15) is 9.59 Å². The van der Waals surface area contributed by atoms with Gasteiger partial charge in [-0.1, -0.05) is 44.2 Å². The summed E-state index contributed by atoms with van der Waals surface area (Å²) in [4.78, 5) is 23.0. The Labute approximate surface area is 154 Å². The van der Waals surface area contributed by atoms with Gasteiger partial charge in [0.05, 0.1) is 19.3 Å². The maximum atomic E-state index is 11.8. The Morgan fingerprint density at radius 1 is 1.27 bits per heavy atom. The SMILES string of the molecule is CC(C)[C@H](N)C(=O)N[C@@H](Cc1ccccc1)C(=O)O.[NH-]N1CCOCC1. The number of benzene rings is 1. The van der Waals surface area contributed by atoms with Crippen molar-refractivity contribution in [3.8, 4) is 0 Å². The van der Waals surface area contributed by atoms with Gasteiger partial charge >= 0.3 is 5.97 Å². The minimum Gasteiger partial charge on any atom is -0.609 e. The molecule has 1 amide bonds. The number of carbonyl (C=O) groups is 2. The topological polar surface area (TPSA) is 129 Å². The van der Waals surface area contributed by atoms with Crippen LogP contribution >= 0.6 is 0 Å². The number of nitrogens with one attached hydrogen (secondary N) is 2. The maximum absolute atomic E-state index is 11.8. The summed E-state index contributed by atoms with van der Waals surface area (Å²) < 4.78 is 4.98. The van der Waals surface area contributed by atoms with Gasteiger partial charge in [-0.25, -0.2) is 4.79 Å². The van der Waals surface area contributed by atoms with E-state index in [2.05, 4.69) is 5.32 Å². The number of morpholine rings is 1. The highest BCUT2D eigenvalue weighted by molar-refractivity contribution is 5.87. The van der Waals surface area contributed by atoms with Gasteiger partial charge in [0.2, 0.25) is 5.91 Å². The highest BCUT2D eigenvalue weighted by Gasteiger charge is 2.24. The zero-order chi connectivity index (χ0) is 19.5. The zero-order valence-electron chi connectivity index (χ0n) is 15.4. The zero-order valence-corrected chi connectivity index (χ0v) is 15.4. The van der Waals surface area contributed by atoms with Crippen molar-refractivity contribution < 1.29 is 19.4 Å². The van der Waals surface area contributed by atoms with Crippen molar-refractivity contribution in [1.29, 1.82) is 0 Å². The summed E-state index contributed by atoms with van der Waals surface area (Å²) >= 11 is 0. The van der Waals surface area contributed by atoms with Gasteiger partial charge in [-0.3, -0.25) is 4.79 Å². The third-order valence-electron chi connectivity index (χ3n) is 3.93. The van der Waals surface area contributed by atoms with Crippen LogP contribution < -0.4 is 11.1 Å². The third kappa shape index (κ3) is 8.39. The summed E-state index contributed by atoms with van der Waals surface area (Å²) in [6.45, 7) is 6.61. The first-order chi connectivity index (χ1) is 12.3. The molecule has 5 N–H and O–H groups in total. The predicted octanol–water partition coefficient (Wildman–Crippen LogP) is 1.07. The van der Waals surface area contributed by atoms with Crippen molar-refractivity contribution in [3.05, 3.63) is 41.7 Å². The second kappa shape index (κ2) is 11.6. The van der Waals surface area contributed by atoms with Crippen molar-refractivity contribution in [2.24, 2.45) is 11.7 Å².